The van der Waals surface area contributed by atoms with E-state index in [0.29, 0.717) is 11.3 Å². The van der Waals surface area contributed by atoms with Gasteiger partial charge in [-0.05, 0) is 18.2 Å². The Morgan fingerprint density at radius 2 is 2.00 bits per heavy atom. The van der Waals surface area contributed by atoms with Gasteiger partial charge in [0, 0.05) is 23.6 Å². The van der Waals surface area contributed by atoms with Gasteiger partial charge < -0.3 is 19.7 Å². The molecular weight excluding hydrogens is 272 g/mol. The van der Waals surface area contributed by atoms with Crippen LogP contribution in [0.4, 0.5) is 0 Å². The highest BCUT2D eigenvalue weighted by molar-refractivity contribution is 5.89. The fourth-order valence-electron chi connectivity index (χ4n) is 2.38. The minimum atomic E-state index is -0.770. The first-order valence-electron chi connectivity index (χ1n) is 6.46. The van der Waals surface area contributed by atoms with Crippen molar-refractivity contribution in [3.63, 3.8) is 0 Å². The number of Topliss-reactive ketones (excluding diaryl/α,β-unsaturated/α-hetero) is 1. The minimum Gasteiger partial charge on any atom is -0.508 e. The van der Waals surface area contributed by atoms with Crippen LogP contribution in [0, 0.1) is 0 Å². The van der Waals surface area contributed by atoms with Crippen LogP contribution in [0.25, 0.3) is 0 Å². The molecule has 0 saturated carbocycles. The Balaban J connectivity index is 1.98. The second kappa shape index (κ2) is 5.01. The number of benzene rings is 2. The van der Waals surface area contributed by atoms with Crippen molar-refractivity contribution in [2.75, 3.05) is 7.11 Å². The van der Waals surface area contributed by atoms with Crippen molar-refractivity contribution in [2.24, 2.45) is 0 Å². The van der Waals surface area contributed by atoms with Gasteiger partial charge >= 0.3 is 0 Å². The van der Waals surface area contributed by atoms with Gasteiger partial charge in [-0.2, -0.15) is 0 Å². The second-order valence-corrected chi connectivity index (χ2v) is 4.86. The molecule has 21 heavy (non-hydrogen) atoms. The van der Waals surface area contributed by atoms with Gasteiger partial charge in [0.25, 0.3) is 0 Å². The maximum atomic E-state index is 12.2. The topological polar surface area (TPSA) is 76.0 Å². The van der Waals surface area contributed by atoms with Gasteiger partial charge in [-0.15, -0.1) is 0 Å². The molecule has 1 heterocycles. The van der Waals surface area contributed by atoms with E-state index in [9.17, 15) is 15.0 Å². The summed E-state index contributed by atoms with van der Waals surface area (Å²) >= 11 is 0. The van der Waals surface area contributed by atoms with Crippen LogP contribution in [0.2, 0.25) is 0 Å². The number of ketones is 1. The first-order chi connectivity index (χ1) is 10.1. The third-order valence-electron chi connectivity index (χ3n) is 3.46. The SMILES string of the molecule is COc1cc(C2Oc3cc(O)ccc3CC2=O)ccc1O. The Kier molecular flexibility index (Phi) is 3.17. The average molecular weight is 286 g/mol. The number of phenols is 2. The van der Waals surface area contributed by atoms with E-state index in [1.54, 1.807) is 18.2 Å². The highest BCUT2D eigenvalue weighted by atomic mass is 16.5. The molecule has 3 rings (SSSR count). The lowest BCUT2D eigenvalue weighted by Crippen LogP contribution is -2.25. The molecule has 0 fully saturated rings. The third kappa shape index (κ3) is 2.38. The van der Waals surface area contributed by atoms with Crippen molar-refractivity contribution in [1.29, 1.82) is 0 Å². The molecule has 5 nitrogen and oxygen atoms in total. The van der Waals surface area contributed by atoms with Crippen molar-refractivity contribution >= 4 is 5.78 Å². The molecule has 1 aliphatic heterocycles. The van der Waals surface area contributed by atoms with Gasteiger partial charge in [-0.1, -0.05) is 12.1 Å². The van der Waals surface area contributed by atoms with E-state index in [-0.39, 0.29) is 29.5 Å². The highest BCUT2D eigenvalue weighted by Gasteiger charge is 2.30. The Hall–Kier alpha value is -2.69. The maximum Gasteiger partial charge on any atom is 0.182 e. The zero-order valence-electron chi connectivity index (χ0n) is 11.4. The Labute approximate surface area is 121 Å². The molecular formula is C16H14O5. The molecule has 0 aliphatic carbocycles. The molecule has 2 N–H and O–H groups in total. The summed E-state index contributed by atoms with van der Waals surface area (Å²) in [6, 6.07) is 9.35. The van der Waals surface area contributed by atoms with Gasteiger partial charge in [0.2, 0.25) is 0 Å². The Morgan fingerprint density at radius 1 is 1.19 bits per heavy atom. The van der Waals surface area contributed by atoms with Crippen molar-refractivity contribution in [2.45, 2.75) is 12.5 Å². The maximum absolute atomic E-state index is 12.2. The molecule has 1 unspecified atom stereocenters. The summed E-state index contributed by atoms with van der Waals surface area (Å²) in [4.78, 5) is 12.2. The van der Waals surface area contributed by atoms with Gasteiger partial charge in [-0.25, -0.2) is 0 Å². The number of hydrogen-bond donors (Lipinski definition) is 2. The first kappa shape index (κ1) is 13.3. The van der Waals surface area contributed by atoms with E-state index >= 15 is 0 Å². The third-order valence-corrected chi connectivity index (χ3v) is 3.46. The fourth-order valence-corrected chi connectivity index (χ4v) is 2.38. The number of ether oxygens (including phenoxy) is 2. The van der Waals surface area contributed by atoms with Crippen LogP contribution >= 0.6 is 0 Å². The zero-order chi connectivity index (χ0) is 15.0. The number of methoxy groups -OCH3 is 1. The van der Waals surface area contributed by atoms with Gasteiger partial charge in [-0.3, -0.25) is 4.79 Å². The Morgan fingerprint density at radius 3 is 2.76 bits per heavy atom. The number of fused-ring (bicyclic) bond motifs is 1. The van der Waals surface area contributed by atoms with Gasteiger partial charge in [0.05, 0.1) is 7.11 Å². The molecule has 0 radical (unpaired) electrons. The monoisotopic (exact) mass is 286 g/mol. The summed E-state index contributed by atoms with van der Waals surface area (Å²) < 4.78 is 10.7. The van der Waals surface area contributed by atoms with Crippen LogP contribution in [-0.4, -0.2) is 23.1 Å². The van der Waals surface area contributed by atoms with Crippen molar-refractivity contribution < 1.29 is 24.5 Å². The summed E-state index contributed by atoms with van der Waals surface area (Å²) in [5.74, 6) is 0.783. The highest BCUT2D eigenvalue weighted by Crippen LogP contribution is 2.37. The molecule has 108 valence electrons. The number of rotatable bonds is 2. The van der Waals surface area contributed by atoms with Crippen LogP contribution in [0.5, 0.6) is 23.0 Å². The van der Waals surface area contributed by atoms with E-state index < -0.39 is 6.10 Å². The normalized spacial score (nSPS) is 17.0. The molecule has 0 amide bonds. The summed E-state index contributed by atoms with van der Waals surface area (Å²) in [5, 5.41) is 19.1. The van der Waals surface area contributed by atoms with Gasteiger partial charge in [0.1, 0.15) is 11.5 Å². The molecule has 0 bridgehead atoms. The van der Waals surface area contributed by atoms with Crippen molar-refractivity contribution in [3.8, 4) is 23.0 Å². The van der Waals surface area contributed by atoms with Crippen molar-refractivity contribution in [1.82, 2.24) is 0 Å². The summed E-state index contributed by atoms with van der Waals surface area (Å²) in [5.41, 5.74) is 1.35. The van der Waals surface area contributed by atoms with Crippen LogP contribution in [0.1, 0.15) is 17.2 Å². The lowest BCUT2D eigenvalue weighted by molar-refractivity contribution is -0.126. The summed E-state index contributed by atoms with van der Waals surface area (Å²) in [6.45, 7) is 0. The van der Waals surface area contributed by atoms with E-state index in [1.165, 1.54) is 25.3 Å². The van der Waals surface area contributed by atoms with Crippen LogP contribution in [0.3, 0.4) is 0 Å². The number of carbonyl (C=O) groups is 1. The van der Waals surface area contributed by atoms with E-state index in [4.69, 9.17) is 9.47 Å². The molecule has 0 saturated heterocycles. The lowest BCUT2D eigenvalue weighted by Gasteiger charge is -2.25. The molecule has 0 spiro atoms. The minimum absolute atomic E-state index is 0.00236. The molecule has 1 aliphatic rings. The zero-order valence-corrected chi connectivity index (χ0v) is 11.4. The summed E-state index contributed by atoms with van der Waals surface area (Å²) in [7, 11) is 1.44. The van der Waals surface area contributed by atoms with Crippen LogP contribution in [-0.2, 0) is 11.2 Å². The van der Waals surface area contributed by atoms with E-state index in [2.05, 4.69) is 0 Å². The largest absolute Gasteiger partial charge is 0.508 e. The number of aromatic hydroxyl groups is 2. The van der Waals surface area contributed by atoms with Crippen LogP contribution < -0.4 is 9.47 Å². The standard InChI is InChI=1S/C16H14O5/c1-20-15-7-10(3-5-12(15)18)16-13(19)6-9-2-4-11(17)8-14(9)21-16/h2-5,7-8,16-18H,6H2,1H3. The van der Waals surface area contributed by atoms with Gasteiger partial charge in [0.15, 0.2) is 23.4 Å². The molecule has 0 aromatic heterocycles. The van der Waals surface area contributed by atoms with Crippen LogP contribution in [0.15, 0.2) is 36.4 Å². The first-order valence-corrected chi connectivity index (χ1v) is 6.46. The smallest absolute Gasteiger partial charge is 0.182 e. The summed E-state index contributed by atoms with van der Waals surface area (Å²) in [6.07, 6.45) is -0.530. The number of phenolic OH excluding ortho intramolecular Hbond substituents is 2. The quantitative estimate of drug-likeness (QED) is 0.886. The van der Waals surface area contributed by atoms with Crippen molar-refractivity contribution in [3.05, 3.63) is 47.5 Å². The molecule has 5 heteroatoms. The molecule has 1 atom stereocenters. The Bertz CT molecular complexity index is 708. The predicted octanol–water partition coefficient (Wildman–Crippen LogP) is 2.35. The van der Waals surface area contributed by atoms with E-state index in [1.807, 2.05) is 0 Å². The molecule has 2 aromatic carbocycles. The second-order valence-electron chi connectivity index (χ2n) is 4.86. The predicted molar refractivity (Wildman–Crippen MR) is 74.8 cm³/mol. The van der Waals surface area contributed by atoms with E-state index in [0.717, 1.165) is 5.56 Å². The number of carbonyl (C=O) groups excluding carboxylic acids is 1. The number of hydrogen-bond acceptors (Lipinski definition) is 5. The fraction of sp³-hybridized carbons (Fsp3) is 0.188. The average Bonchev–Trinajstić information content (AvgIpc) is 2.48. The molecule has 2 aromatic rings. The lowest BCUT2D eigenvalue weighted by atomic mass is 9.96.